The second-order valence-electron chi connectivity index (χ2n) is 3.98. The normalized spacial score (nSPS) is 11.1. The first kappa shape index (κ1) is 13.3. The molecule has 0 bridgehead atoms. The van der Waals surface area contributed by atoms with Crippen LogP contribution in [0, 0.1) is 0 Å². The molecule has 0 aliphatic carbocycles. The van der Waals surface area contributed by atoms with Gasteiger partial charge in [-0.2, -0.15) is 0 Å². The third-order valence-electron chi connectivity index (χ3n) is 2.43. The van der Waals surface area contributed by atoms with Gasteiger partial charge in [-0.05, 0) is 35.1 Å². The third kappa shape index (κ3) is 3.22. The summed E-state index contributed by atoms with van der Waals surface area (Å²) in [6, 6.07) is 3.76. The van der Waals surface area contributed by atoms with Crippen molar-refractivity contribution in [3.63, 3.8) is 0 Å². The molecule has 0 aliphatic rings. The topological polar surface area (TPSA) is 53.7 Å². The summed E-state index contributed by atoms with van der Waals surface area (Å²) in [5, 5.41) is 11.0. The van der Waals surface area contributed by atoms with Gasteiger partial charge < -0.3 is 9.52 Å². The van der Waals surface area contributed by atoms with Crippen molar-refractivity contribution in [3.05, 3.63) is 44.4 Å². The van der Waals surface area contributed by atoms with Gasteiger partial charge in [0, 0.05) is 33.4 Å². The number of hydrogen-bond donors (Lipinski definition) is 1. The Labute approximate surface area is 117 Å². The molecule has 96 valence electrons. The lowest BCUT2D eigenvalue weighted by atomic mass is 10.2. The summed E-state index contributed by atoms with van der Waals surface area (Å²) < 4.78 is 6.02. The Morgan fingerprint density at radius 1 is 1.56 bits per heavy atom. The zero-order chi connectivity index (χ0) is 13.1. The van der Waals surface area contributed by atoms with E-state index in [0.717, 1.165) is 11.0 Å². The van der Waals surface area contributed by atoms with Crippen LogP contribution in [0.5, 0.6) is 0 Å². The predicted molar refractivity (Wildman–Crippen MR) is 72.9 cm³/mol. The van der Waals surface area contributed by atoms with Crippen molar-refractivity contribution in [3.8, 4) is 0 Å². The van der Waals surface area contributed by atoms with Gasteiger partial charge in [-0.1, -0.05) is 0 Å². The highest BCUT2D eigenvalue weighted by Gasteiger charge is 2.15. The fraction of sp³-hybridized carbons (Fsp3) is 0.250. The highest BCUT2D eigenvalue weighted by atomic mass is 79.9. The van der Waals surface area contributed by atoms with Crippen molar-refractivity contribution >= 4 is 33.2 Å². The molecule has 18 heavy (non-hydrogen) atoms. The van der Waals surface area contributed by atoms with Gasteiger partial charge in [-0.25, -0.2) is 4.79 Å². The third-order valence-corrected chi connectivity index (χ3v) is 4.11. The molecule has 0 aromatic carbocycles. The fourth-order valence-electron chi connectivity index (χ4n) is 1.70. The molecule has 2 heterocycles. The van der Waals surface area contributed by atoms with Gasteiger partial charge in [-0.3, -0.25) is 4.90 Å². The molecule has 0 atom stereocenters. The highest BCUT2D eigenvalue weighted by molar-refractivity contribution is 9.10. The minimum absolute atomic E-state index is 0.0224. The predicted octanol–water partition coefficient (Wildman–Crippen LogP) is 3.43. The standard InChI is InChI=1S/C12H12BrNO3S/c1-14(6-10-4-9(13)7-18-10)5-8-2-3-17-11(8)12(15)16/h2-4,7H,5-6H2,1H3,(H,15,16). The van der Waals surface area contributed by atoms with Crippen LogP contribution >= 0.6 is 27.3 Å². The molecule has 2 rings (SSSR count). The minimum Gasteiger partial charge on any atom is -0.475 e. The van der Waals surface area contributed by atoms with E-state index in [0.29, 0.717) is 12.1 Å². The second-order valence-corrected chi connectivity index (χ2v) is 5.90. The first-order valence-corrected chi connectivity index (χ1v) is 6.94. The number of carboxylic acid groups (broad SMARTS) is 1. The molecule has 0 saturated heterocycles. The average Bonchev–Trinajstić information content (AvgIpc) is 2.87. The average molecular weight is 330 g/mol. The summed E-state index contributed by atoms with van der Waals surface area (Å²) in [5.41, 5.74) is 0.695. The molecule has 2 aromatic rings. The van der Waals surface area contributed by atoms with Crippen LogP contribution in [0.1, 0.15) is 21.0 Å². The Hall–Kier alpha value is -1.11. The first-order valence-electron chi connectivity index (χ1n) is 5.27. The van der Waals surface area contributed by atoms with E-state index in [1.165, 1.54) is 11.1 Å². The molecule has 1 N–H and O–H groups in total. The molecule has 0 radical (unpaired) electrons. The van der Waals surface area contributed by atoms with Crippen LogP contribution in [0.15, 0.2) is 32.7 Å². The number of nitrogens with zero attached hydrogens (tertiary/aromatic N) is 1. The summed E-state index contributed by atoms with van der Waals surface area (Å²) in [6.07, 6.45) is 1.41. The van der Waals surface area contributed by atoms with E-state index in [-0.39, 0.29) is 5.76 Å². The molecule has 0 spiro atoms. The SMILES string of the molecule is CN(Cc1cc(Br)cs1)Cc1ccoc1C(=O)O. The van der Waals surface area contributed by atoms with Crippen LogP contribution in [0.3, 0.4) is 0 Å². The Morgan fingerprint density at radius 2 is 2.33 bits per heavy atom. The van der Waals surface area contributed by atoms with Crippen molar-refractivity contribution in [1.29, 1.82) is 0 Å². The van der Waals surface area contributed by atoms with Crippen LogP contribution in [-0.4, -0.2) is 23.0 Å². The molecular formula is C12H12BrNO3S. The Kier molecular flexibility index (Phi) is 4.21. The van der Waals surface area contributed by atoms with Crippen LogP contribution in [0.25, 0.3) is 0 Å². The lowest BCUT2D eigenvalue weighted by molar-refractivity contribution is 0.0659. The van der Waals surface area contributed by atoms with Gasteiger partial charge in [0.2, 0.25) is 5.76 Å². The van der Waals surface area contributed by atoms with Crippen LogP contribution in [0.2, 0.25) is 0 Å². The summed E-state index contributed by atoms with van der Waals surface area (Å²) in [5.74, 6) is -1.00. The number of carboxylic acids is 1. The van der Waals surface area contributed by atoms with E-state index in [4.69, 9.17) is 9.52 Å². The zero-order valence-electron chi connectivity index (χ0n) is 9.72. The van der Waals surface area contributed by atoms with Gasteiger partial charge in [-0.15, -0.1) is 11.3 Å². The molecule has 0 aliphatic heterocycles. The van der Waals surface area contributed by atoms with E-state index < -0.39 is 5.97 Å². The first-order chi connectivity index (χ1) is 8.56. The van der Waals surface area contributed by atoms with E-state index >= 15 is 0 Å². The van der Waals surface area contributed by atoms with Crippen molar-refractivity contribution in [2.75, 3.05) is 7.05 Å². The summed E-state index contributed by atoms with van der Waals surface area (Å²) in [4.78, 5) is 14.2. The molecule has 0 fully saturated rings. The number of rotatable bonds is 5. The van der Waals surface area contributed by atoms with Crippen molar-refractivity contribution in [2.24, 2.45) is 0 Å². The zero-order valence-corrected chi connectivity index (χ0v) is 12.1. The lowest BCUT2D eigenvalue weighted by Crippen LogP contribution is -2.17. The molecule has 4 nitrogen and oxygen atoms in total. The van der Waals surface area contributed by atoms with Crippen LogP contribution in [-0.2, 0) is 13.1 Å². The number of hydrogen-bond acceptors (Lipinski definition) is 4. The molecule has 0 saturated carbocycles. The van der Waals surface area contributed by atoms with Gasteiger partial charge in [0.15, 0.2) is 0 Å². The Balaban J connectivity index is 2.00. The van der Waals surface area contributed by atoms with Crippen LogP contribution in [0.4, 0.5) is 0 Å². The van der Waals surface area contributed by atoms with Gasteiger partial charge in [0.25, 0.3) is 0 Å². The van der Waals surface area contributed by atoms with E-state index in [1.807, 2.05) is 12.4 Å². The van der Waals surface area contributed by atoms with Crippen molar-refractivity contribution in [2.45, 2.75) is 13.1 Å². The Bertz CT molecular complexity index is 549. The maximum atomic E-state index is 10.9. The second kappa shape index (κ2) is 5.69. The number of furan rings is 1. The van der Waals surface area contributed by atoms with E-state index in [2.05, 4.69) is 26.9 Å². The van der Waals surface area contributed by atoms with E-state index in [1.54, 1.807) is 17.4 Å². The van der Waals surface area contributed by atoms with Gasteiger partial charge >= 0.3 is 5.97 Å². The maximum absolute atomic E-state index is 10.9. The van der Waals surface area contributed by atoms with Crippen LogP contribution < -0.4 is 0 Å². The summed E-state index contributed by atoms with van der Waals surface area (Å²) in [7, 11) is 1.95. The molecule has 2 aromatic heterocycles. The summed E-state index contributed by atoms with van der Waals surface area (Å²) >= 11 is 5.09. The lowest BCUT2D eigenvalue weighted by Gasteiger charge is -2.14. The Morgan fingerprint density at radius 3 is 2.94 bits per heavy atom. The summed E-state index contributed by atoms with van der Waals surface area (Å²) in [6.45, 7) is 1.33. The maximum Gasteiger partial charge on any atom is 0.372 e. The highest BCUT2D eigenvalue weighted by Crippen LogP contribution is 2.22. The van der Waals surface area contributed by atoms with E-state index in [9.17, 15) is 4.79 Å². The minimum atomic E-state index is -1.03. The quantitative estimate of drug-likeness (QED) is 0.912. The monoisotopic (exact) mass is 329 g/mol. The van der Waals surface area contributed by atoms with Gasteiger partial charge in [0.1, 0.15) is 0 Å². The molecule has 0 unspecified atom stereocenters. The number of halogens is 1. The van der Waals surface area contributed by atoms with Crippen molar-refractivity contribution in [1.82, 2.24) is 4.90 Å². The number of thiophene rings is 1. The number of aromatic carboxylic acids is 1. The number of carbonyl (C=O) groups is 1. The van der Waals surface area contributed by atoms with Gasteiger partial charge in [0.05, 0.1) is 6.26 Å². The molecular weight excluding hydrogens is 318 g/mol. The smallest absolute Gasteiger partial charge is 0.372 e. The molecule has 6 heteroatoms. The largest absolute Gasteiger partial charge is 0.475 e. The molecule has 0 amide bonds. The fourth-order valence-corrected chi connectivity index (χ4v) is 3.23. The van der Waals surface area contributed by atoms with Crippen molar-refractivity contribution < 1.29 is 14.3 Å².